The van der Waals surface area contributed by atoms with Crippen molar-refractivity contribution in [3.8, 4) is 11.4 Å². The zero-order valence-electron chi connectivity index (χ0n) is 15.2. The van der Waals surface area contributed by atoms with Crippen LogP contribution in [0.3, 0.4) is 0 Å². The van der Waals surface area contributed by atoms with E-state index < -0.39 is 30.1 Å². The molecule has 1 fully saturated rings. The first kappa shape index (κ1) is 19.5. The molecule has 0 amide bonds. The Hall–Kier alpha value is -2.82. The van der Waals surface area contributed by atoms with Gasteiger partial charge in [-0.25, -0.2) is 18.7 Å². The second-order valence-corrected chi connectivity index (χ2v) is 6.93. The van der Waals surface area contributed by atoms with Crippen LogP contribution >= 0.6 is 0 Å². The summed E-state index contributed by atoms with van der Waals surface area (Å²) in [7, 11) is 0. The van der Waals surface area contributed by atoms with Crippen LogP contribution in [0.5, 0.6) is 0 Å². The molecule has 2 N–H and O–H groups in total. The molecule has 0 bridgehead atoms. The third-order valence-electron chi connectivity index (χ3n) is 4.88. The van der Waals surface area contributed by atoms with Crippen molar-refractivity contribution in [2.45, 2.75) is 31.2 Å². The molecule has 4 rings (SSSR count). The van der Waals surface area contributed by atoms with E-state index in [1.807, 2.05) is 0 Å². The van der Waals surface area contributed by atoms with Gasteiger partial charge < -0.3 is 10.6 Å². The van der Waals surface area contributed by atoms with Gasteiger partial charge in [-0.2, -0.15) is 13.2 Å². The zero-order chi connectivity index (χ0) is 20.8. The van der Waals surface area contributed by atoms with Gasteiger partial charge in [-0.3, -0.25) is 9.38 Å². The minimum absolute atomic E-state index is 0.129. The molecule has 0 spiro atoms. The monoisotopic (exact) mass is 412 g/mol. The van der Waals surface area contributed by atoms with Crippen LogP contribution in [0, 0.1) is 5.82 Å². The number of pyridine rings is 1. The van der Waals surface area contributed by atoms with Gasteiger partial charge in [0, 0.05) is 31.4 Å². The van der Waals surface area contributed by atoms with Crippen LogP contribution < -0.4 is 10.6 Å². The minimum atomic E-state index is -4.45. The molecule has 29 heavy (non-hydrogen) atoms. The van der Waals surface area contributed by atoms with E-state index in [0.717, 1.165) is 19.1 Å². The van der Waals surface area contributed by atoms with Crippen molar-refractivity contribution in [3.63, 3.8) is 0 Å². The number of imidazole rings is 1. The van der Waals surface area contributed by atoms with Gasteiger partial charge in [-0.1, -0.05) is 0 Å². The Labute approximate surface area is 162 Å². The van der Waals surface area contributed by atoms with Crippen molar-refractivity contribution < 1.29 is 22.0 Å². The highest BCUT2D eigenvalue weighted by atomic mass is 19.4. The Morgan fingerprint density at radius 3 is 2.69 bits per heavy atom. The van der Waals surface area contributed by atoms with E-state index in [2.05, 4.69) is 25.6 Å². The number of alkyl halides is 4. The molecular formula is C18H17F5N6. The summed E-state index contributed by atoms with van der Waals surface area (Å²) in [5.41, 5.74) is 0.541. The molecule has 1 aliphatic rings. The van der Waals surface area contributed by atoms with E-state index in [4.69, 9.17) is 0 Å². The first-order valence-corrected chi connectivity index (χ1v) is 8.91. The van der Waals surface area contributed by atoms with E-state index >= 15 is 0 Å². The highest BCUT2D eigenvalue weighted by molar-refractivity contribution is 5.62. The third-order valence-corrected chi connectivity index (χ3v) is 4.88. The Morgan fingerprint density at radius 2 is 2.00 bits per heavy atom. The third kappa shape index (κ3) is 3.86. The number of anilines is 1. The number of fused-ring (bicyclic) bond motifs is 1. The second kappa shape index (κ2) is 7.21. The molecule has 3 unspecified atom stereocenters. The highest BCUT2D eigenvalue weighted by Crippen LogP contribution is 2.33. The summed E-state index contributed by atoms with van der Waals surface area (Å²) in [6, 6.07) is 1.72. The molecule has 0 aromatic carbocycles. The molecule has 11 heteroatoms. The molecule has 0 saturated carbocycles. The summed E-state index contributed by atoms with van der Waals surface area (Å²) in [5.74, 6) is -2.27. The number of hydrogen-bond donors (Lipinski definition) is 2. The molecule has 6 nitrogen and oxygen atoms in total. The van der Waals surface area contributed by atoms with Gasteiger partial charge in [-0.05, 0) is 6.92 Å². The summed E-state index contributed by atoms with van der Waals surface area (Å²) in [4.78, 5) is 12.2. The number of hydrogen-bond acceptors (Lipinski definition) is 5. The quantitative estimate of drug-likeness (QED) is 0.644. The molecule has 1 saturated heterocycles. The average Bonchev–Trinajstić information content (AvgIpc) is 3.25. The summed E-state index contributed by atoms with van der Waals surface area (Å²) in [6.07, 6.45) is -1.78. The summed E-state index contributed by atoms with van der Waals surface area (Å²) in [5, 5.41) is 5.73. The SMILES string of the molecule is CC(c1cn2c(-c3cc(F)cc(NC4CNCC4F)n3)cnc2cn1)C(F)(F)F. The lowest BCUT2D eigenvalue weighted by molar-refractivity contribution is -0.147. The number of rotatable bonds is 4. The molecule has 3 aromatic rings. The molecule has 1 aliphatic heterocycles. The largest absolute Gasteiger partial charge is 0.397 e. The van der Waals surface area contributed by atoms with Crippen LogP contribution in [0.25, 0.3) is 17.0 Å². The van der Waals surface area contributed by atoms with Crippen molar-refractivity contribution in [2.24, 2.45) is 0 Å². The summed E-state index contributed by atoms with van der Waals surface area (Å²) < 4.78 is 68.5. The fourth-order valence-corrected chi connectivity index (χ4v) is 3.17. The minimum Gasteiger partial charge on any atom is -0.363 e. The van der Waals surface area contributed by atoms with Crippen LogP contribution in [0.4, 0.5) is 27.8 Å². The standard InChI is InChI=1S/C18H17F5N6/c1-9(18(21,22)23)14-8-29-15(6-26-17(29)7-25-14)12-2-10(19)3-16(27-12)28-13-5-24-4-11(13)20/h2-3,6-9,11,13,24H,4-5H2,1H3,(H,27,28). The zero-order valence-corrected chi connectivity index (χ0v) is 15.2. The highest BCUT2D eigenvalue weighted by Gasteiger charge is 2.38. The van der Waals surface area contributed by atoms with E-state index in [1.165, 1.54) is 23.0 Å². The first-order valence-electron chi connectivity index (χ1n) is 8.91. The number of aromatic nitrogens is 4. The normalized spacial score (nSPS) is 20.9. The van der Waals surface area contributed by atoms with E-state index in [9.17, 15) is 22.0 Å². The van der Waals surface area contributed by atoms with Crippen molar-refractivity contribution in [3.05, 3.63) is 42.2 Å². The predicted octanol–water partition coefficient (Wildman–Crippen LogP) is 3.32. The van der Waals surface area contributed by atoms with E-state index in [0.29, 0.717) is 17.9 Å². The molecular weight excluding hydrogens is 395 g/mol. The smallest absolute Gasteiger partial charge is 0.363 e. The van der Waals surface area contributed by atoms with Gasteiger partial charge in [0.1, 0.15) is 17.8 Å². The maximum absolute atomic E-state index is 14.2. The van der Waals surface area contributed by atoms with Gasteiger partial charge in [0.05, 0.1) is 41.4 Å². The predicted molar refractivity (Wildman–Crippen MR) is 95.8 cm³/mol. The maximum atomic E-state index is 14.2. The van der Waals surface area contributed by atoms with Crippen molar-refractivity contribution in [1.82, 2.24) is 24.7 Å². The lowest BCUT2D eigenvalue weighted by Gasteiger charge is -2.16. The topological polar surface area (TPSA) is 67.1 Å². The Balaban J connectivity index is 1.72. The van der Waals surface area contributed by atoms with Crippen LogP contribution in [-0.4, -0.2) is 50.8 Å². The fraction of sp³-hybridized carbons (Fsp3) is 0.389. The Bertz CT molecular complexity index is 1030. The average molecular weight is 412 g/mol. The van der Waals surface area contributed by atoms with Gasteiger partial charge in [0.2, 0.25) is 0 Å². The fourth-order valence-electron chi connectivity index (χ4n) is 3.17. The molecule has 3 aromatic heterocycles. The van der Waals surface area contributed by atoms with Crippen molar-refractivity contribution >= 4 is 11.5 Å². The van der Waals surface area contributed by atoms with Gasteiger partial charge in [-0.15, -0.1) is 0 Å². The van der Waals surface area contributed by atoms with Gasteiger partial charge in [0.15, 0.2) is 5.65 Å². The lowest BCUT2D eigenvalue weighted by atomic mass is 10.1. The van der Waals surface area contributed by atoms with Crippen LogP contribution in [0.1, 0.15) is 18.5 Å². The molecule has 4 heterocycles. The number of nitrogens with zero attached hydrogens (tertiary/aromatic N) is 4. The number of nitrogens with one attached hydrogen (secondary N) is 2. The van der Waals surface area contributed by atoms with Crippen LogP contribution in [0.15, 0.2) is 30.7 Å². The van der Waals surface area contributed by atoms with E-state index in [-0.39, 0.29) is 23.8 Å². The Kier molecular flexibility index (Phi) is 4.85. The molecule has 0 radical (unpaired) electrons. The molecule has 3 atom stereocenters. The van der Waals surface area contributed by atoms with Gasteiger partial charge in [0.25, 0.3) is 0 Å². The first-order chi connectivity index (χ1) is 13.7. The van der Waals surface area contributed by atoms with Crippen LogP contribution in [0.2, 0.25) is 0 Å². The maximum Gasteiger partial charge on any atom is 0.397 e. The molecule has 0 aliphatic carbocycles. The van der Waals surface area contributed by atoms with Gasteiger partial charge >= 0.3 is 6.18 Å². The molecule has 154 valence electrons. The van der Waals surface area contributed by atoms with Crippen molar-refractivity contribution in [1.29, 1.82) is 0 Å². The Morgan fingerprint density at radius 1 is 1.21 bits per heavy atom. The van der Waals surface area contributed by atoms with Crippen LogP contribution in [-0.2, 0) is 0 Å². The lowest BCUT2D eigenvalue weighted by Crippen LogP contribution is -2.29. The van der Waals surface area contributed by atoms with E-state index in [1.54, 1.807) is 0 Å². The number of halogens is 5. The second-order valence-electron chi connectivity index (χ2n) is 6.93. The van der Waals surface area contributed by atoms with Crippen molar-refractivity contribution in [2.75, 3.05) is 18.4 Å². The summed E-state index contributed by atoms with van der Waals surface area (Å²) in [6.45, 7) is 1.57. The summed E-state index contributed by atoms with van der Waals surface area (Å²) >= 11 is 0.